The fraction of sp³-hybridized carbons (Fsp3) is 0.333. The molecule has 3 rings (SSSR count). The lowest BCUT2D eigenvalue weighted by molar-refractivity contribution is 0.115. The summed E-state index contributed by atoms with van der Waals surface area (Å²) in [6, 6.07) is 22.9. The average Bonchev–Trinajstić information content (AvgIpc) is 2.49. The van der Waals surface area contributed by atoms with Crippen molar-refractivity contribution in [2.24, 2.45) is 0 Å². The van der Waals surface area contributed by atoms with Gasteiger partial charge in [-0.05, 0) is 37.4 Å². The summed E-state index contributed by atoms with van der Waals surface area (Å²) in [4.78, 5) is 2.55. The summed E-state index contributed by atoms with van der Waals surface area (Å²) in [5.41, 5.74) is 2.90. The van der Waals surface area contributed by atoms with Gasteiger partial charge in [-0.1, -0.05) is 60.7 Å². The van der Waals surface area contributed by atoms with Crippen molar-refractivity contribution in [3.8, 4) is 0 Å². The molecule has 2 aromatic carbocycles. The van der Waals surface area contributed by atoms with Crippen LogP contribution in [0.4, 0.5) is 0 Å². The first-order valence-corrected chi connectivity index (χ1v) is 7.18. The molecular weight excluding hydrogens is 230 g/mol. The van der Waals surface area contributed by atoms with Crippen molar-refractivity contribution in [1.29, 1.82) is 0 Å². The Morgan fingerprint density at radius 2 is 1.16 bits per heavy atom. The highest BCUT2D eigenvalue weighted by Crippen LogP contribution is 2.39. The van der Waals surface area contributed by atoms with E-state index < -0.39 is 0 Å². The van der Waals surface area contributed by atoms with Gasteiger partial charge >= 0.3 is 0 Å². The van der Waals surface area contributed by atoms with E-state index in [9.17, 15) is 0 Å². The van der Waals surface area contributed by atoms with Crippen molar-refractivity contribution in [3.05, 3.63) is 71.8 Å². The van der Waals surface area contributed by atoms with Crippen LogP contribution in [-0.4, -0.2) is 11.9 Å². The predicted octanol–water partition coefficient (Wildman–Crippen LogP) is 4.58. The van der Waals surface area contributed by atoms with Crippen LogP contribution in [0, 0.1) is 0 Å². The van der Waals surface area contributed by atoms with Crippen LogP contribution < -0.4 is 0 Å². The molecule has 0 spiro atoms. The molecule has 1 aliphatic rings. The van der Waals surface area contributed by atoms with Crippen molar-refractivity contribution >= 4 is 0 Å². The molecule has 0 N–H and O–H groups in total. The first-order chi connectivity index (χ1) is 9.36. The first kappa shape index (κ1) is 12.4. The first-order valence-electron chi connectivity index (χ1n) is 7.18. The number of nitrogens with zero attached hydrogens (tertiary/aromatic N) is 1. The Kier molecular flexibility index (Phi) is 3.65. The minimum absolute atomic E-state index is 0.556. The topological polar surface area (TPSA) is 3.24 Å². The highest BCUT2D eigenvalue weighted by atomic mass is 15.2. The van der Waals surface area contributed by atoms with Crippen LogP contribution in [0.1, 0.15) is 42.5 Å². The summed E-state index contributed by atoms with van der Waals surface area (Å²) < 4.78 is 0. The molecule has 2 unspecified atom stereocenters. The highest BCUT2D eigenvalue weighted by Gasteiger charge is 2.29. The maximum atomic E-state index is 2.55. The molecule has 1 saturated heterocycles. The molecule has 1 heterocycles. The summed E-state index contributed by atoms with van der Waals surface area (Å²) in [5.74, 6) is 0. The predicted molar refractivity (Wildman–Crippen MR) is 80.0 cm³/mol. The second-order valence-corrected chi connectivity index (χ2v) is 5.45. The van der Waals surface area contributed by atoms with Gasteiger partial charge < -0.3 is 0 Å². The van der Waals surface area contributed by atoms with Crippen molar-refractivity contribution < 1.29 is 0 Å². The number of piperidine rings is 1. The molecule has 2 aromatic rings. The third kappa shape index (κ3) is 2.57. The number of likely N-dealkylation sites (tertiary alicyclic amines) is 1. The summed E-state index contributed by atoms with van der Waals surface area (Å²) in [6.45, 7) is 0. The smallest absolute Gasteiger partial charge is 0.0351 e. The second-order valence-electron chi connectivity index (χ2n) is 5.45. The Morgan fingerprint density at radius 1 is 0.737 bits per heavy atom. The number of rotatable bonds is 2. The molecule has 98 valence electrons. The van der Waals surface area contributed by atoms with Crippen molar-refractivity contribution in [2.45, 2.75) is 31.3 Å². The lowest BCUT2D eigenvalue weighted by atomic mass is 9.88. The van der Waals surface area contributed by atoms with Gasteiger partial charge in [0, 0.05) is 12.1 Å². The van der Waals surface area contributed by atoms with E-state index in [0.29, 0.717) is 12.1 Å². The van der Waals surface area contributed by atoms with E-state index in [2.05, 4.69) is 72.6 Å². The highest BCUT2D eigenvalue weighted by molar-refractivity contribution is 5.23. The molecule has 19 heavy (non-hydrogen) atoms. The summed E-state index contributed by atoms with van der Waals surface area (Å²) in [7, 11) is 2.27. The van der Waals surface area contributed by atoms with E-state index in [1.54, 1.807) is 0 Å². The molecular formula is C18H21N. The van der Waals surface area contributed by atoms with E-state index in [0.717, 1.165) is 0 Å². The largest absolute Gasteiger partial charge is 0.292 e. The number of benzene rings is 2. The summed E-state index contributed by atoms with van der Waals surface area (Å²) in [5, 5.41) is 0. The van der Waals surface area contributed by atoms with Gasteiger partial charge in [0.1, 0.15) is 0 Å². The standard InChI is InChI=1S/C18H21N/c1-19-17(15-9-4-2-5-10-15)13-8-14-18(19)16-11-6-3-7-12-16/h2-7,9-12,17-18H,8,13-14H2,1H3. The number of hydrogen-bond donors (Lipinski definition) is 0. The molecule has 0 amide bonds. The Balaban J connectivity index is 1.86. The Labute approximate surface area is 115 Å². The van der Waals surface area contributed by atoms with Gasteiger partial charge in [-0.25, -0.2) is 0 Å². The average molecular weight is 251 g/mol. The summed E-state index contributed by atoms with van der Waals surface area (Å²) >= 11 is 0. The molecule has 1 nitrogen and oxygen atoms in total. The third-order valence-electron chi connectivity index (χ3n) is 4.31. The lowest BCUT2D eigenvalue weighted by Gasteiger charge is -2.40. The van der Waals surface area contributed by atoms with E-state index in [1.807, 2.05) is 0 Å². The molecule has 0 aliphatic carbocycles. The zero-order valence-corrected chi connectivity index (χ0v) is 11.5. The van der Waals surface area contributed by atoms with Gasteiger partial charge in [0.15, 0.2) is 0 Å². The Morgan fingerprint density at radius 3 is 1.58 bits per heavy atom. The van der Waals surface area contributed by atoms with Gasteiger partial charge in [-0.3, -0.25) is 4.90 Å². The van der Waals surface area contributed by atoms with E-state index in [-0.39, 0.29) is 0 Å². The van der Waals surface area contributed by atoms with Gasteiger partial charge in [0.2, 0.25) is 0 Å². The van der Waals surface area contributed by atoms with Crippen LogP contribution in [0.3, 0.4) is 0 Å². The Bertz CT molecular complexity index is 458. The third-order valence-corrected chi connectivity index (χ3v) is 4.31. The van der Waals surface area contributed by atoms with E-state index >= 15 is 0 Å². The second kappa shape index (κ2) is 5.58. The van der Waals surface area contributed by atoms with Gasteiger partial charge in [-0.2, -0.15) is 0 Å². The minimum Gasteiger partial charge on any atom is -0.292 e. The van der Waals surface area contributed by atoms with Gasteiger partial charge in [0.05, 0.1) is 0 Å². The molecule has 1 heteroatoms. The van der Waals surface area contributed by atoms with Crippen LogP contribution in [0.2, 0.25) is 0 Å². The lowest BCUT2D eigenvalue weighted by Crippen LogP contribution is -2.33. The van der Waals surface area contributed by atoms with Crippen LogP contribution in [0.5, 0.6) is 0 Å². The molecule has 0 radical (unpaired) electrons. The minimum atomic E-state index is 0.556. The maximum Gasteiger partial charge on any atom is 0.0351 e. The van der Waals surface area contributed by atoms with Crippen molar-refractivity contribution in [3.63, 3.8) is 0 Å². The van der Waals surface area contributed by atoms with Crippen LogP contribution in [0.25, 0.3) is 0 Å². The normalized spacial score (nSPS) is 24.3. The maximum absolute atomic E-state index is 2.55. The fourth-order valence-electron chi connectivity index (χ4n) is 3.28. The summed E-state index contributed by atoms with van der Waals surface area (Å²) in [6.07, 6.45) is 3.84. The molecule has 0 saturated carbocycles. The Hall–Kier alpha value is -1.60. The van der Waals surface area contributed by atoms with E-state index in [4.69, 9.17) is 0 Å². The fourth-order valence-corrected chi connectivity index (χ4v) is 3.28. The van der Waals surface area contributed by atoms with Gasteiger partial charge in [0.25, 0.3) is 0 Å². The van der Waals surface area contributed by atoms with Crippen molar-refractivity contribution in [2.75, 3.05) is 7.05 Å². The van der Waals surface area contributed by atoms with Crippen LogP contribution in [0.15, 0.2) is 60.7 Å². The van der Waals surface area contributed by atoms with Gasteiger partial charge in [-0.15, -0.1) is 0 Å². The molecule has 0 aromatic heterocycles. The monoisotopic (exact) mass is 251 g/mol. The number of hydrogen-bond acceptors (Lipinski definition) is 1. The quantitative estimate of drug-likeness (QED) is 0.755. The SMILES string of the molecule is CN1C(c2ccccc2)CCCC1c1ccccc1. The zero-order valence-electron chi connectivity index (χ0n) is 11.5. The zero-order chi connectivity index (χ0) is 13.1. The van der Waals surface area contributed by atoms with Crippen LogP contribution >= 0.6 is 0 Å². The molecule has 2 atom stereocenters. The molecule has 1 fully saturated rings. The molecule has 0 bridgehead atoms. The van der Waals surface area contributed by atoms with Crippen LogP contribution in [-0.2, 0) is 0 Å². The molecule has 1 aliphatic heterocycles. The van der Waals surface area contributed by atoms with Crippen molar-refractivity contribution in [1.82, 2.24) is 4.90 Å². The van der Waals surface area contributed by atoms with E-state index in [1.165, 1.54) is 30.4 Å².